The number of benzene rings is 1. The molecule has 2 rings (SSSR count). The van der Waals surface area contributed by atoms with Crippen molar-refractivity contribution in [2.24, 2.45) is 0 Å². The van der Waals surface area contributed by atoms with E-state index in [0.717, 1.165) is 5.75 Å². The number of carbonyl (C=O) groups is 1. The van der Waals surface area contributed by atoms with Crippen molar-refractivity contribution >= 4 is 17.3 Å². The summed E-state index contributed by atoms with van der Waals surface area (Å²) in [6, 6.07) is 7.04. The molecular formula is C12H12N2O2S. The molecule has 88 valence electrons. The van der Waals surface area contributed by atoms with Gasteiger partial charge in [-0.2, -0.15) is 0 Å². The summed E-state index contributed by atoms with van der Waals surface area (Å²) >= 11 is 1.17. The molecule has 0 saturated heterocycles. The highest BCUT2D eigenvalue weighted by Crippen LogP contribution is 2.16. The van der Waals surface area contributed by atoms with Gasteiger partial charge in [0.1, 0.15) is 11.4 Å². The zero-order valence-corrected chi connectivity index (χ0v) is 10.4. The first-order chi connectivity index (χ1) is 8.16. The Balaban J connectivity index is 2.15. The molecule has 4 nitrogen and oxygen atoms in total. The van der Waals surface area contributed by atoms with E-state index in [-0.39, 0.29) is 11.9 Å². The molecule has 0 spiro atoms. The highest BCUT2D eigenvalue weighted by molar-refractivity contribution is 7.03. The van der Waals surface area contributed by atoms with Crippen LogP contribution in [0.3, 0.4) is 0 Å². The third-order valence-electron chi connectivity index (χ3n) is 2.08. The molecule has 1 aromatic carbocycles. The van der Waals surface area contributed by atoms with Crippen LogP contribution in [0.2, 0.25) is 0 Å². The van der Waals surface area contributed by atoms with Crippen LogP contribution in [0.25, 0.3) is 0 Å². The van der Waals surface area contributed by atoms with Gasteiger partial charge in [-0.3, -0.25) is 4.79 Å². The van der Waals surface area contributed by atoms with Gasteiger partial charge in [0.15, 0.2) is 0 Å². The molecular weight excluding hydrogens is 236 g/mol. The number of hydrogen-bond donors (Lipinski definition) is 0. The van der Waals surface area contributed by atoms with Crippen molar-refractivity contribution in [2.45, 2.75) is 20.0 Å². The maximum absolute atomic E-state index is 11.9. The van der Waals surface area contributed by atoms with Gasteiger partial charge in [-0.15, -0.1) is 5.10 Å². The third kappa shape index (κ3) is 2.88. The van der Waals surface area contributed by atoms with Crippen LogP contribution in [-0.2, 0) is 0 Å². The Kier molecular flexibility index (Phi) is 3.49. The summed E-state index contributed by atoms with van der Waals surface area (Å²) in [7, 11) is 0. The van der Waals surface area contributed by atoms with E-state index in [1.165, 1.54) is 11.5 Å². The fraction of sp³-hybridized carbons (Fsp3) is 0.250. The lowest BCUT2D eigenvalue weighted by atomic mass is 10.1. The van der Waals surface area contributed by atoms with Gasteiger partial charge in [0.25, 0.3) is 0 Å². The standard InChI is InChI=1S/C12H12N2O2S/c1-8(2)16-10-5-3-9(4-6-10)12(15)11-7-17-14-13-11/h3-8H,1-2H3. The van der Waals surface area contributed by atoms with Gasteiger partial charge in [-0.25, -0.2) is 0 Å². The molecule has 1 aromatic heterocycles. The minimum atomic E-state index is -0.116. The van der Waals surface area contributed by atoms with E-state index in [0.29, 0.717) is 11.3 Å². The van der Waals surface area contributed by atoms with Crippen LogP contribution in [0.1, 0.15) is 29.9 Å². The van der Waals surface area contributed by atoms with Crippen molar-refractivity contribution in [3.63, 3.8) is 0 Å². The Morgan fingerprint density at radius 1 is 1.29 bits per heavy atom. The fourth-order valence-corrected chi connectivity index (χ4v) is 1.80. The van der Waals surface area contributed by atoms with Crippen molar-refractivity contribution < 1.29 is 9.53 Å². The predicted octanol–water partition coefficient (Wildman–Crippen LogP) is 2.56. The van der Waals surface area contributed by atoms with E-state index in [1.54, 1.807) is 29.6 Å². The topological polar surface area (TPSA) is 52.1 Å². The summed E-state index contributed by atoms with van der Waals surface area (Å²) in [5.41, 5.74) is 0.973. The molecule has 0 aliphatic rings. The maximum Gasteiger partial charge on any atom is 0.214 e. The summed E-state index contributed by atoms with van der Waals surface area (Å²) < 4.78 is 9.17. The number of ketones is 1. The molecule has 2 aromatic rings. The second-order valence-electron chi connectivity index (χ2n) is 3.81. The molecule has 0 fully saturated rings. The van der Waals surface area contributed by atoms with Gasteiger partial charge >= 0.3 is 0 Å². The molecule has 0 N–H and O–H groups in total. The van der Waals surface area contributed by atoms with Crippen molar-refractivity contribution in [3.05, 3.63) is 40.9 Å². The van der Waals surface area contributed by atoms with Gasteiger partial charge in [0, 0.05) is 10.9 Å². The number of aromatic nitrogens is 2. The summed E-state index contributed by atoms with van der Waals surface area (Å²) in [5.74, 6) is 0.641. The lowest BCUT2D eigenvalue weighted by Crippen LogP contribution is -2.06. The van der Waals surface area contributed by atoms with E-state index in [4.69, 9.17) is 4.74 Å². The largest absolute Gasteiger partial charge is 0.491 e. The molecule has 0 bridgehead atoms. The Hall–Kier alpha value is -1.75. The molecule has 0 aliphatic carbocycles. The van der Waals surface area contributed by atoms with Crippen molar-refractivity contribution in [1.29, 1.82) is 0 Å². The van der Waals surface area contributed by atoms with Gasteiger partial charge < -0.3 is 4.74 Å². The van der Waals surface area contributed by atoms with E-state index in [1.807, 2.05) is 13.8 Å². The van der Waals surface area contributed by atoms with Crippen molar-refractivity contribution in [2.75, 3.05) is 0 Å². The Morgan fingerprint density at radius 3 is 2.53 bits per heavy atom. The molecule has 17 heavy (non-hydrogen) atoms. The normalized spacial score (nSPS) is 10.5. The van der Waals surface area contributed by atoms with Crippen LogP contribution in [0.4, 0.5) is 0 Å². The summed E-state index contributed by atoms with van der Waals surface area (Å²) in [6.07, 6.45) is 0.124. The van der Waals surface area contributed by atoms with Crippen LogP contribution >= 0.6 is 11.5 Å². The number of carbonyl (C=O) groups excluding carboxylic acids is 1. The van der Waals surface area contributed by atoms with Crippen molar-refractivity contribution in [3.8, 4) is 5.75 Å². The van der Waals surface area contributed by atoms with Gasteiger partial charge in [0.2, 0.25) is 5.78 Å². The van der Waals surface area contributed by atoms with Crippen LogP contribution < -0.4 is 4.74 Å². The maximum atomic E-state index is 11.9. The minimum absolute atomic E-state index is 0.116. The second kappa shape index (κ2) is 5.05. The highest BCUT2D eigenvalue weighted by atomic mass is 32.1. The first-order valence-electron chi connectivity index (χ1n) is 5.25. The predicted molar refractivity (Wildman–Crippen MR) is 65.5 cm³/mol. The molecule has 0 amide bonds. The van der Waals surface area contributed by atoms with Gasteiger partial charge in [0.05, 0.1) is 6.10 Å². The lowest BCUT2D eigenvalue weighted by Gasteiger charge is -2.09. The van der Waals surface area contributed by atoms with Crippen molar-refractivity contribution in [1.82, 2.24) is 9.59 Å². The first-order valence-corrected chi connectivity index (χ1v) is 6.09. The Morgan fingerprint density at radius 2 is 2.00 bits per heavy atom. The van der Waals surface area contributed by atoms with E-state index in [9.17, 15) is 4.79 Å². The fourth-order valence-electron chi connectivity index (χ4n) is 1.37. The number of nitrogens with zero attached hydrogens (tertiary/aromatic N) is 2. The molecule has 0 unspecified atom stereocenters. The summed E-state index contributed by atoms with van der Waals surface area (Å²) in [5, 5.41) is 5.39. The van der Waals surface area contributed by atoms with Crippen LogP contribution in [0, 0.1) is 0 Å². The Bertz CT molecular complexity index is 492. The Labute approximate surface area is 103 Å². The summed E-state index contributed by atoms with van der Waals surface area (Å²) in [6.45, 7) is 3.92. The highest BCUT2D eigenvalue weighted by Gasteiger charge is 2.11. The molecule has 0 radical (unpaired) electrons. The van der Waals surface area contributed by atoms with Crippen LogP contribution in [0.15, 0.2) is 29.6 Å². The monoisotopic (exact) mass is 248 g/mol. The molecule has 1 heterocycles. The zero-order chi connectivity index (χ0) is 12.3. The van der Waals surface area contributed by atoms with E-state index in [2.05, 4.69) is 9.59 Å². The van der Waals surface area contributed by atoms with E-state index < -0.39 is 0 Å². The minimum Gasteiger partial charge on any atom is -0.491 e. The third-order valence-corrected chi connectivity index (χ3v) is 2.59. The number of ether oxygens (including phenoxy) is 1. The quantitative estimate of drug-likeness (QED) is 0.780. The average molecular weight is 248 g/mol. The van der Waals surface area contributed by atoms with Gasteiger partial charge in [-0.1, -0.05) is 4.49 Å². The first kappa shape index (κ1) is 11.7. The summed E-state index contributed by atoms with van der Waals surface area (Å²) in [4.78, 5) is 11.9. The molecule has 0 atom stereocenters. The smallest absolute Gasteiger partial charge is 0.214 e. The molecule has 0 saturated carbocycles. The van der Waals surface area contributed by atoms with Gasteiger partial charge in [-0.05, 0) is 49.6 Å². The average Bonchev–Trinajstić information content (AvgIpc) is 2.82. The number of rotatable bonds is 4. The molecule has 0 aliphatic heterocycles. The van der Waals surface area contributed by atoms with Crippen LogP contribution in [-0.4, -0.2) is 21.5 Å². The zero-order valence-electron chi connectivity index (χ0n) is 9.58. The number of hydrogen-bond acceptors (Lipinski definition) is 5. The molecule has 5 heteroatoms. The van der Waals surface area contributed by atoms with E-state index >= 15 is 0 Å². The van der Waals surface area contributed by atoms with Crippen LogP contribution in [0.5, 0.6) is 5.75 Å². The lowest BCUT2D eigenvalue weighted by molar-refractivity contribution is 0.103. The SMILES string of the molecule is CC(C)Oc1ccc(C(=O)c2csnn2)cc1. The second-order valence-corrected chi connectivity index (χ2v) is 4.42.